The molecule has 0 unspecified atom stereocenters. The Morgan fingerprint density at radius 2 is 1.06 bits per heavy atom. The molecule has 0 spiro atoms. The van der Waals surface area contributed by atoms with Crippen LogP contribution in [0.4, 0.5) is 0 Å². The number of nitrogens with zero attached hydrogens (tertiary/aromatic N) is 1. The first-order valence-corrected chi connectivity index (χ1v) is 22.9. The summed E-state index contributed by atoms with van der Waals surface area (Å²) in [5.74, 6) is -8.18. The van der Waals surface area contributed by atoms with Crippen LogP contribution in [0, 0.1) is 35.5 Å². The molecule has 65 heavy (non-hydrogen) atoms. The van der Waals surface area contributed by atoms with Gasteiger partial charge in [0.15, 0.2) is 23.3 Å². The van der Waals surface area contributed by atoms with Gasteiger partial charge in [-0.15, -0.1) is 0 Å². The van der Waals surface area contributed by atoms with E-state index in [1.165, 1.54) is 13.8 Å². The van der Waals surface area contributed by atoms with Crippen molar-refractivity contribution in [3.05, 3.63) is 0 Å². The van der Waals surface area contributed by atoms with E-state index < -0.39 is 108 Å². The van der Waals surface area contributed by atoms with Gasteiger partial charge in [-0.1, -0.05) is 48.0 Å². The lowest BCUT2D eigenvalue weighted by Crippen LogP contribution is -2.52. The predicted molar refractivity (Wildman–Crippen MR) is 246 cm³/mol. The summed E-state index contributed by atoms with van der Waals surface area (Å²) < 4.78 is 0. The maximum Gasteiger partial charge on any atom is 0.242 e. The molecule has 0 aromatic carbocycles. The second kappa shape index (κ2) is 32.0. The standard InChI is InChI=1S/C45H81N9O11/c1-25(2)18-32(23-37(59)34(20-27(5)6)53-42(63)30(21-28(7)56)13-11-17-50-45(48)49)44(65)54-40(29(8)57)38(60)22-31(12-9-10-16-46)43(64)52-33(19-26(3)4)36(58)14-15-39(61)51-35(24-55)41(47)62/h25-27,29-35,40,55,57H,9-24,46H2,1-8H3,(H2,47,62)(H,51,61)(H,52,64)(H,53,63)(H,54,65)(H4,48,49,50)/t29-,30-,31-,32-,33+,34+,35+,40+/m1/s1. The van der Waals surface area contributed by atoms with Crippen molar-refractivity contribution in [2.24, 2.45) is 63.4 Å². The van der Waals surface area contributed by atoms with E-state index in [0.29, 0.717) is 25.8 Å². The van der Waals surface area contributed by atoms with Gasteiger partial charge in [-0.2, -0.15) is 0 Å². The Balaban J connectivity index is 6.33. The molecule has 0 bridgehead atoms. The van der Waals surface area contributed by atoms with E-state index in [4.69, 9.17) is 22.9 Å². The van der Waals surface area contributed by atoms with Crippen LogP contribution in [0.25, 0.3) is 0 Å². The highest BCUT2D eigenvalue weighted by Gasteiger charge is 2.36. The number of rotatable bonds is 36. The molecule has 0 aliphatic carbocycles. The molecule has 0 aromatic heterocycles. The molecule has 0 saturated heterocycles. The third-order valence-electron chi connectivity index (χ3n) is 10.7. The second-order valence-corrected chi connectivity index (χ2v) is 18.5. The number of aliphatic imine (C=N–C) groups is 1. The Labute approximate surface area is 384 Å². The van der Waals surface area contributed by atoms with Crippen molar-refractivity contribution in [1.29, 1.82) is 0 Å². The van der Waals surface area contributed by atoms with Gasteiger partial charge in [0.2, 0.25) is 29.5 Å². The van der Waals surface area contributed by atoms with Crippen LogP contribution in [0.2, 0.25) is 0 Å². The zero-order valence-corrected chi connectivity index (χ0v) is 40.0. The van der Waals surface area contributed by atoms with Gasteiger partial charge in [-0.05, 0) is 83.1 Å². The van der Waals surface area contributed by atoms with Crippen LogP contribution >= 0.6 is 0 Å². The lowest BCUT2D eigenvalue weighted by atomic mass is 9.86. The molecule has 0 aliphatic heterocycles. The van der Waals surface area contributed by atoms with Crippen LogP contribution in [0.5, 0.6) is 0 Å². The minimum absolute atomic E-state index is 0.0395. The van der Waals surface area contributed by atoms with Gasteiger partial charge in [0.25, 0.3) is 0 Å². The van der Waals surface area contributed by atoms with Crippen molar-refractivity contribution in [3.8, 4) is 0 Å². The molecule has 0 aliphatic rings. The van der Waals surface area contributed by atoms with E-state index in [1.54, 1.807) is 0 Å². The van der Waals surface area contributed by atoms with Crippen LogP contribution in [-0.2, 0) is 43.2 Å². The van der Waals surface area contributed by atoms with Gasteiger partial charge in [-0.3, -0.25) is 43.3 Å². The Hall–Kier alpha value is -4.82. The largest absolute Gasteiger partial charge is 0.394 e. The number of ketones is 4. The molecule has 0 saturated carbocycles. The highest BCUT2D eigenvalue weighted by Crippen LogP contribution is 2.23. The van der Waals surface area contributed by atoms with E-state index in [0.717, 1.165) is 0 Å². The molecule has 0 radical (unpaired) electrons. The van der Waals surface area contributed by atoms with E-state index in [1.807, 2.05) is 41.5 Å². The van der Waals surface area contributed by atoms with E-state index in [-0.39, 0.29) is 93.8 Å². The number of nitrogens with two attached hydrogens (primary N) is 4. The fraction of sp³-hybridized carbons (Fsp3) is 0.778. The van der Waals surface area contributed by atoms with Gasteiger partial charge in [0, 0.05) is 56.4 Å². The average Bonchev–Trinajstić information content (AvgIpc) is 3.19. The first-order valence-electron chi connectivity index (χ1n) is 22.9. The quantitative estimate of drug-likeness (QED) is 0.0228. The van der Waals surface area contributed by atoms with Gasteiger partial charge >= 0.3 is 0 Å². The number of hydrogen-bond donors (Lipinski definition) is 10. The number of aliphatic hydroxyl groups is 2. The third kappa shape index (κ3) is 26.1. The van der Waals surface area contributed by atoms with Gasteiger partial charge in [-0.25, -0.2) is 0 Å². The van der Waals surface area contributed by atoms with Crippen molar-refractivity contribution >= 4 is 58.6 Å². The molecule has 14 N–H and O–H groups in total. The fourth-order valence-corrected chi connectivity index (χ4v) is 7.38. The van der Waals surface area contributed by atoms with Gasteiger partial charge in [0.05, 0.1) is 24.8 Å². The Morgan fingerprint density at radius 1 is 0.569 bits per heavy atom. The van der Waals surface area contributed by atoms with Crippen molar-refractivity contribution in [2.75, 3.05) is 19.7 Å². The van der Waals surface area contributed by atoms with Crippen molar-refractivity contribution < 1.29 is 53.4 Å². The molecular formula is C45H81N9O11. The smallest absolute Gasteiger partial charge is 0.242 e. The van der Waals surface area contributed by atoms with E-state index in [2.05, 4.69) is 26.3 Å². The fourth-order valence-electron chi connectivity index (χ4n) is 7.38. The summed E-state index contributed by atoms with van der Waals surface area (Å²) in [5.41, 5.74) is 21.7. The minimum atomic E-state index is -1.47. The van der Waals surface area contributed by atoms with E-state index >= 15 is 0 Å². The normalized spacial score (nSPS) is 15.1. The van der Waals surface area contributed by atoms with Crippen LogP contribution < -0.4 is 44.2 Å². The number of primary amides is 1. The molecule has 0 heterocycles. The topological polar surface area (TPSA) is 359 Å². The summed E-state index contributed by atoms with van der Waals surface area (Å²) in [6.07, 6.45) is -0.274. The predicted octanol–water partition coefficient (Wildman–Crippen LogP) is 0.200. The number of unbranched alkanes of at least 4 members (excludes halogenated alkanes) is 1. The third-order valence-corrected chi connectivity index (χ3v) is 10.7. The Bertz CT molecular complexity index is 1600. The number of nitrogens with one attached hydrogen (secondary N) is 4. The van der Waals surface area contributed by atoms with Crippen LogP contribution in [-0.4, -0.2) is 119 Å². The van der Waals surface area contributed by atoms with Gasteiger partial charge in [0.1, 0.15) is 17.9 Å². The summed E-state index contributed by atoms with van der Waals surface area (Å²) in [4.78, 5) is 123. The first-order chi connectivity index (χ1) is 30.3. The molecule has 5 amide bonds. The number of carbonyl (C=O) groups excluding carboxylic acids is 9. The summed E-state index contributed by atoms with van der Waals surface area (Å²) in [6, 6.07) is -4.81. The average molecular weight is 924 g/mol. The zero-order chi connectivity index (χ0) is 50.0. The van der Waals surface area contributed by atoms with Crippen LogP contribution in [0.1, 0.15) is 139 Å². The molecule has 372 valence electrons. The Kier molecular flexibility index (Phi) is 29.6. The maximum absolute atomic E-state index is 14.0. The lowest BCUT2D eigenvalue weighted by Gasteiger charge is -2.28. The van der Waals surface area contributed by atoms with Crippen LogP contribution in [0.15, 0.2) is 4.99 Å². The van der Waals surface area contributed by atoms with Crippen molar-refractivity contribution in [1.82, 2.24) is 21.3 Å². The summed E-state index contributed by atoms with van der Waals surface area (Å²) in [6.45, 7) is 13.7. The van der Waals surface area contributed by atoms with Gasteiger partial charge < -0.3 is 59.2 Å². The minimum Gasteiger partial charge on any atom is -0.394 e. The molecular weight excluding hydrogens is 843 g/mol. The molecule has 0 rings (SSSR count). The summed E-state index contributed by atoms with van der Waals surface area (Å²) >= 11 is 0. The van der Waals surface area contributed by atoms with Crippen molar-refractivity contribution in [3.63, 3.8) is 0 Å². The number of Topliss-reactive ketones (excluding diaryl/α,β-unsaturated/α-hetero) is 4. The molecule has 20 heteroatoms. The number of amides is 5. The van der Waals surface area contributed by atoms with Crippen LogP contribution in [0.3, 0.4) is 0 Å². The summed E-state index contributed by atoms with van der Waals surface area (Å²) in [5, 5.41) is 30.6. The number of carbonyl (C=O) groups is 9. The van der Waals surface area contributed by atoms with E-state index in [9.17, 15) is 53.4 Å². The zero-order valence-electron chi connectivity index (χ0n) is 40.0. The summed E-state index contributed by atoms with van der Waals surface area (Å²) in [7, 11) is 0. The molecule has 0 fully saturated rings. The first kappa shape index (κ1) is 60.2. The maximum atomic E-state index is 14.0. The molecule has 8 atom stereocenters. The highest BCUT2D eigenvalue weighted by atomic mass is 16.3. The number of guanidine groups is 1. The monoisotopic (exact) mass is 924 g/mol. The Morgan fingerprint density at radius 3 is 1.52 bits per heavy atom. The van der Waals surface area contributed by atoms with Crippen molar-refractivity contribution in [2.45, 2.75) is 169 Å². The SMILES string of the molecule is CC(=O)C[C@@H](CCCN=C(N)N)C(=O)N[C@@H](CC(C)C)C(=O)C[C@@H](CC(C)C)C(=O)N[C@H](C(=O)C[C@@H](CCCCN)C(=O)N[C@@H](CC(C)C)C(=O)CCC(=O)N[C@@H](CO)C(N)=O)[C@@H](C)O. The molecule has 0 aromatic rings. The number of hydrogen-bond acceptors (Lipinski definition) is 13. The highest BCUT2D eigenvalue weighted by molar-refractivity contribution is 5.97. The second-order valence-electron chi connectivity index (χ2n) is 18.5. The molecule has 20 nitrogen and oxygen atoms in total. The lowest BCUT2D eigenvalue weighted by molar-refractivity contribution is -0.137. The number of aliphatic hydroxyl groups excluding tert-OH is 2.